The second-order valence-electron chi connectivity index (χ2n) is 3.82. The van der Waals surface area contributed by atoms with Gasteiger partial charge in [-0.15, -0.1) is 0 Å². The standard InChI is InChI=1S/C12H15NO2/c1-8-5-4-6-10(14-3)12(8)11-7-9(2)13-15-11/h4-6,11H,7H2,1-3H3/t11-/m1/s1. The number of ether oxygens (including phenoxy) is 1. The van der Waals surface area contributed by atoms with Crippen LogP contribution >= 0.6 is 0 Å². The molecule has 0 radical (unpaired) electrons. The van der Waals surface area contributed by atoms with Crippen molar-refractivity contribution in [1.29, 1.82) is 0 Å². The predicted molar refractivity (Wildman–Crippen MR) is 59.3 cm³/mol. The fourth-order valence-corrected chi connectivity index (χ4v) is 1.90. The minimum absolute atomic E-state index is 0.0150. The van der Waals surface area contributed by atoms with Crippen molar-refractivity contribution >= 4 is 5.71 Å². The summed E-state index contributed by atoms with van der Waals surface area (Å²) in [6.45, 7) is 4.04. The number of hydrogen-bond donors (Lipinski definition) is 0. The first-order valence-electron chi connectivity index (χ1n) is 5.05. The zero-order chi connectivity index (χ0) is 10.8. The third-order valence-electron chi connectivity index (χ3n) is 2.64. The summed E-state index contributed by atoms with van der Waals surface area (Å²) in [6.07, 6.45) is 0.863. The number of rotatable bonds is 2. The van der Waals surface area contributed by atoms with E-state index in [-0.39, 0.29) is 6.10 Å². The van der Waals surface area contributed by atoms with Crippen molar-refractivity contribution in [1.82, 2.24) is 0 Å². The highest BCUT2D eigenvalue weighted by Gasteiger charge is 2.24. The van der Waals surface area contributed by atoms with Crippen LogP contribution in [-0.2, 0) is 4.84 Å². The lowest BCUT2D eigenvalue weighted by Gasteiger charge is -2.15. The molecule has 3 heteroatoms. The van der Waals surface area contributed by atoms with E-state index in [0.717, 1.165) is 23.4 Å². The summed E-state index contributed by atoms with van der Waals surface area (Å²) >= 11 is 0. The van der Waals surface area contributed by atoms with E-state index in [2.05, 4.69) is 18.1 Å². The molecule has 0 bridgehead atoms. The van der Waals surface area contributed by atoms with Crippen molar-refractivity contribution < 1.29 is 9.57 Å². The maximum Gasteiger partial charge on any atom is 0.161 e. The molecule has 0 saturated heterocycles. The van der Waals surface area contributed by atoms with E-state index in [0.29, 0.717) is 0 Å². The largest absolute Gasteiger partial charge is 0.496 e. The van der Waals surface area contributed by atoms with Gasteiger partial charge in [0.2, 0.25) is 0 Å². The topological polar surface area (TPSA) is 30.8 Å². The third-order valence-corrected chi connectivity index (χ3v) is 2.64. The average molecular weight is 205 g/mol. The molecule has 0 unspecified atom stereocenters. The van der Waals surface area contributed by atoms with Gasteiger partial charge in [0.1, 0.15) is 5.75 Å². The first-order chi connectivity index (χ1) is 7.22. The fourth-order valence-electron chi connectivity index (χ4n) is 1.90. The molecule has 1 atom stereocenters. The maximum absolute atomic E-state index is 5.38. The zero-order valence-electron chi connectivity index (χ0n) is 9.28. The fraction of sp³-hybridized carbons (Fsp3) is 0.417. The molecule has 15 heavy (non-hydrogen) atoms. The molecule has 3 nitrogen and oxygen atoms in total. The monoisotopic (exact) mass is 205 g/mol. The Kier molecular flexibility index (Phi) is 2.62. The lowest BCUT2D eigenvalue weighted by molar-refractivity contribution is 0.0832. The van der Waals surface area contributed by atoms with Gasteiger partial charge in [0.15, 0.2) is 6.10 Å². The van der Waals surface area contributed by atoms with E-state index in [4.69, 9.17) is 9.57 Å². The lowest BCUT2D eigenvalue weighted by Crippen LogP contribution is -2.03. The van der Waals surface area contributed by atoms with Crippen LogP contribution in [0.5, 0.6) is 5.75 Å². The summed E-state index contributed by atoms with van der Waals surface area (Å²) < 4.78 is 5.34. The third kappa shape index (κ3) is 1.82. The van der Waals surface area contributed by atoms with Crippen LogP contribution in [0.1, 0.15) is 30.6 Å². The zero-order valence-corrected chi connectivity index (χ0v) is 9.28. The van der Waals surface area contributed by atoms with Gasteiger partial charge in [0, 0.05) is 12.0 Å². The minimum Gasteiger partial charge on any atom is -0.496 e. The summed E-state index contributed by atoms with van der Waals surface area (Å²) in [5, 5.41) is 3.97. The van der Waals surface area contributed by atoms with Crippen LogP contribution in [0.15, 0.2) is 23.4 Å². The van der Waals surface area contributed by atoms with Gasteiger partial charge in [0.25, 0.3) is 0 Å². The Balaban J connectivity index is 2.35. The molecule has 0 fully saturated rings. The highest BCUT2D eigenvalue weighted by Crippen LogP contribution is 2.35. The van der Waals surface area contributed by atoms with Crippen LogP contribution in [0.25, 0.3) is 0 Å². The predicted octanol–water partition coefficient (Wildman–Crippen LogP) is 2.84. The highest BCUT2D eigenvalue weighted by atomic mass is 16.6. The summed E-state index contributed by atoms with van der Waals surface area (Å²) in [6, 6.07) is 6.01. The molecule has 1 aliphatic heterocycles. The Bertz CT molecular complexity index is 399. The van der Waals surface area contributed by atoms with Crippen LogP contribution < -0.4 is 4.74 Å². The van der Waals surface area contributed by atoms with Gasteiger partial charge in [0.05, 0.1) is 12.8 Å². The number of benzene rings is 1. The summed E-state index contributed by atoms with van der Waals surface area (Å²) in [7, 11) is 1.68. The van der Waals surface area contributed by atoms with E-state index in [9.17, 15) is 0 Å². The molecule has 1 aromatic carbocycles. The molecular formula is C12H15NO2. The van der Waals surface area contributed by atoms with Crippen LogP contribution in [0.3, 0.4) is 0 Å². The van der Waals surface area contributed by atoms with Crippen LogP contribution in [0, 0.1) is 6.92 Å². The second kappa shape index (κ2) is 3.93. The number of nitrogens with zero attached hydrogens (tertiary/aromatic N) is 1. The van der Waals surface area contributed by atoms with Crippen molar-refractivity contribution in [2.75, 3.05) is 7.11 Å². The molecule has 2 rings (SSSR count). The number of aryl methyl sites for hydroxylation is 1. The second-order valence-corrected chi connectivity index (χ2v) is 3.82. The van der Waals surface area contributed by atoms with Crippen molar-refractivity contribution in [3.8, 4) is 5.75 Å². The molecule has 80 valence electrons. The Morgan fingerprint density at radius 1 is 1.40 bits per heavy atom. The van der Waals surface area contributed by atoms with Gasteiger partial charge in [-0.05, 0) is 25.5 Å². The average Bonchev–Trinajstić information content (AvgIpc) is 2.64. The number of oxime groups is 1. The van der Waals surface area contributed by atoms with Gasteiger partial charge in [-0.1, -0.05) is 17.3 Å². The van der Waals surface area contributed by atoms with Crippen LogP contribution in [0.4, 0.5) is 0 Å². The lowest BCUT2D eigenvalue weighted by atomic mass is 9.99. The van der Waals surface area contributed by atoms with E-state index >= 15 is 0 Å². The Morgan fingerprint density at radius 3 is 2.80 bits per heavy atom. The molecule has 0 N–H and O–H groups in total. The van der Waals surface area contributed by atoms with Crippen LogP contribution in [-0.4, -0.2) is 12.8 Å². The summed E-state index contributed by atoms with van der Waals surface area (Å²) in [4.78, 5) is 5.38. The van der Waals surface area contributed by atoms with Gasteiger partial charge < -0.3 is 9.57 Å². The molecule has 0 saturated carbocycles. The quantitative estimate of drug-likeness (QED) is 0.743. The van der Waals surface area contributed by atoms with Crippen molar-refractivity contribution in [2.45, 2.75) is 26.4 Å². The van der Waals surface area contributed by atoms with Gasteiger partial charge in [-0.2, -0.15) is 0 Å². The molecule has 0 aliphatic carbocycles. The smallest absolute Gasteiger partial charge is 0.161 e. The van der Waals surface area contributed by atoms with E-state index in [1.54, 1.807) is 7.11 Å². The minimum atomic E-state index is 0.0150. The summed E-state index contributed by atoms with van der Waals surface area (Å²) in [5.74, 6) is 0.880. The molecule has 0 aromatic heterocycles. The van der Waals surface area contributed by atoms with Crippen molar-refractivity contribution in [3.63, 3.8) is 0 Å². The van der Waals surface area contributed by atoms with Gasteiger partial charge in [-0.25, -0.2) is 0 Å². The van der Waals surface area contributed by atoms with E-state index in [1.165, 1.54) is 5.56 Å². The van der Waals surface area contributed by atoms with Crippen molar-refractivity contribution in [2.24, 2.45) is 5.16 Å². The maximum atomic E-state index is 5.38. The molecule has 1 heterocycles. The number of hydrogen-bond acceptors (Lipinski definition) is 3. The normalized spacial score (nSPS) is 19.7. The van der Waals surface area contributed by atoms with Gasteiger partial charge >= 0.3 is 0 Å². The van der Waals surface area contributed by atoms with E-state index in [1.807, 2.05) is 19.1 Å². The van der Waals surface area contributed by atoms with Crippen molar-refractivity contribution in [3.05, 3.63) is 29.3 Å². The Labute approximate surface area is 89.7 Å². The van der Waals surface area contributed by atoms with E-state index < -0.39 is 0 Å². The first kappa shape index (κ1) is 10.0. The van der Waals surface area contributed by atoms with Gasteiger partial charge in [-0.3, -0.25) is 0 Å². The van der Waals surface area contributed by atoms with Crippen LogP contribution in [0.2, 0.25) is 0 Å². The molecular weight excluding hydrogens is 190 g/mol. The molecule has 1 aliphatic rings. The Hall–Kier alpha value is -1.51. The molecule has 0 amide bonds. The first-order valence-corrected chi connectivity index (χ1v) is 5.05. The SMILES string of the molecule is COc1cccc(C)c1[C@H]1CC(C)=NO1. The molecule has 0 spiro atoms. The highest BCUT2D eigenvalue weighted by molar-refractivity contribution is 5.83. The molecule has 1 aromatic rings. The Morgan fingerprint density at radius 2 is 2.20 bits per heavy atom. The summed E-state index contributed by atoms with van der Waals surface area (Å²) in [5.41, 5.74) is 3.33. The number of methoxy groups -OCH3 is 1.